The van der Waals surface area contributed by atoms with Gasteiger partial charge in [-0.2, -0.15) is 0 Å². The first-order valence-corrected chi connectivity index (χ1v) is 7.93. The van der Waals surface area contributed by atoms with Gasteiger partial charge in [0.1, 0.15) is 12.0 Å². The molecule has 21 heavy (non-hydrogen) atoms. The summed E-state index contributed by atoms with van der Waals surface area (Å²) < 4.78 is 5.95. The van der Waals surface area contributed by atoms with Crippen LogP contribution in [0.25, 0.3) is 0 Å². The second-order valence-electron chi connectivity index (χ2n) is 4.22. The fraction of sp³-hybridized carbons (Fsp3) is 0.385. The number of aliphatic imine (C=N–C) groups is 1. The Morgan fingerprint density at radius 2 is 2.29 bits per heavy atom. The van der Waals surface area contributed by atoms with E-state index in [1.807, 2.05) is 13.1 Å². The van der Waals surface area contributed by atoms with Crippen molar-refractivity contribution < 1.29 is 4.52 Å². The van der Waals surface area contributed by atoms with Crippen molar-refractivity contribution in [2.24, 2.45) is 4.99 Å². The molecule has 0 aliphatic rings. The van der Waals surface area contributed by atoms with E-state index in [-0.39, 0.29) is 24.0 Å². The van der Waals surface area contributed by atoms with Crippen molar-refractivity contribution in [3.05, 3.63) is 38.8 Å². The number of guanidine groups is 1. The smallest absolute Gasteiger partial charge is 0.194 e. The summed E-state index contributed by atoms with van der Waals surface area (Å²) >= 11 is 5.21. The Kier molecular flexibility index (Phi) is 8.27. The van der Waals surface area contributed by atoms with Gasteiger partial charge in [0.05, 0.1) is 16.9 Å². The Hall–Kier alpha value is -0.610. The zero-order valence-corrected chi connectivity index (χ0v) is 16.6. The molecule has 0 amide bonds. The van der Waals surface area contributed by atoms with Gasteiger partial charge in [0, 0.05) is 24.5 Å². The van der Waals surface area contributed by atoms with E-state index in [4.69, 9.17) is 4.52 Å². The molecule has 1 N–H and O–H groups in total. The van der Waals surface area contributed by atoms with Crippen LogP contribution in [0.15, 0.2) is 37.8 Å². The second-order valence-corrected chi connectivity index (χ2v) is 6.77. The SMILES string of the molecule is CCNC(=NCc1ccon1)N(C)Cc1ccc(Br)s1.I. The van der Waals surface area contributed by atoms with Crippen molar-refractivity contribution in [2.45, 2.75) is 20.0 Å². The Morgan fingerprint density at radius 1 is 1.48 bits per heavy atom. The van der Waals surface area contributed by atoms with Crippen molar-refractivity contribution in [2.75, 3.05) is 13.6 Å². The molecule has 2 aromatic rings. The molecule has 8 heteroatoms. The molecule has 0 atom stereocenters. The maximum atomic E-state index is 4.81. The van der Waals surface area contributed by atoms with E-state index in [0.717, 1.165) is 28.5 Å². The molecule has 0 unspecified atom stereocenters. The third-order valence-corrected chi connectivity index (χ3v) is 4.21. The van der Waals surface area contributed by atoms with Crippen molar-refractivity contribution in [3.8, 4) is 0 Å². The van der Waals surface area contributed by atoms with Crippen LogP contribution in [-0.2, 0) is 13.1 Å². The first-order valence-electron chi connectivity index (χ1n) is 6.32. The van der Waals surface area contributed by atoms with Crippen LogP contribution in [0, 0.1) is 0 Å². The van der Waals surface area contributed by atoms with Crippen LogP contribution in [-0.4, -0.2) is 29.6 Å². The summed E-state index contributed by atoms with van der Waals surface area (Å²) in [4.78, 5) is 7.94. The number of rotatable bonds is 5. The predicted octanol–water partition coefficient (Wildman–Crippen LogP) is 3.71. The highest BCUT2D eigenvalue weighted by atomic mass is 127. The van der Waals surface area contributed by atoms with Crippen molar-refractivity contribution in [1.29, 1.82) is 0 Å². The van der Waals surface area contributed by atoms with Crippen LogP contribution < -0.4 is 5.32 Å². The van der Waals surface area contributed by atoms with Crippen LogP contribution in [0.5, 0.6) is 0 Å². The van der Waals surface area contributed by atoms with E-state index < -0.39 is 0 Å². The van der Waals surface area contributed by atoms with Gasteiger partial charge in [-0.3, -0.25) is 0 Å². The molecule has 0 aromatic carbocycles. The summed E-state index contributed by atoms with van der Waals surface area (Å²) in [6, 6.07) is 6.00. The van der Waals surface area contributed by atoms with E-state index in [1.165, 1.54) is 4.88 Å². The maximum Gasteiger partial charge on any atom is 0.194 e. The molecule has 0 saturated heterocycles. The van der Waals surface area contributed by atoms with Gasteiger partial charge in [-0.25, -0.2) is 4.99 Å². The van der Waals surface area contributed by atoms with E-state index in [2.05, 4.69) is 55.4 Å². The number of aromatic nitrogens is 1. The highest BCUT2D eigenvalue weighted by Gasteiger charge is 2.08. The van der Waals surface area contributed by atoms with Crippen LogP contribution in [0.1, 0.15) is 17.5 Å². The summed E-state index contributed by atoms with van der Waals surface area (Å²) in [5, 5.41) is 7.14. The van der Waals surface area contributed by atoms with Crippen LogP contribution in [0.2, 0.25) is 0 Å². The molecular formula is C13H18BrIN4OS. The highest BCUT2D eigenvalue weighted by molar-refractivity contribution is 14.0. The van der Waals surface area contributed by atoms with E-state index >= 15 is 0 Å². The van der Waals surface area contributed by atoms with Gasteiger partial charge < -0.3 is 14.7 Å². The lowest BCUT2D eigenvalue weighted by molar-refractivity contribution is 0.411. The highest BCUT2D eigenvalue weighted by Crippen LogP contribution is 2.22. The largest absolute Gasteiger partial charge is 0.364 e. The summed E-state index contributed by atoms with van der Waals surface area (Å²) in [5.74, 6) is 0.861. The summed E-state index contributed by atoms with van der Waals surface area (Å²) in [7, 11) is 2.03. The maximum absolute atomic E-state index is 4.81. The minimum absolute atomic E-state index is 0. The van der Waals surface area contributed by atoms with Crippen molar-refractivity contribution in [1.82, 2.24) is 15.4 Å². The fourth-order valence-corrected chi connectivity index (χ4v) is 3.23. The molecule has 2 heterocycles. The minimum atomic E-state index is 0. The number of thiophene rings is 1. The molecule has 0 aliphatic heterocycles. The van der Waals surface area contributed by atoms with Crippen molar-refractivity contribution >= 4 is 57.2 Å². The van der Waals surface area contributed by atoms with Gasteiger partial charge in [-0.1, -0.05) is 5.16 Å². The zero-order valence-electron chi connectivity index (χ0n) is 11.9. The van der Waals surface area contributed by atoms with Gasteiger partial charge in [0.15, 0.2) is 5.96 Å². The number of hydrogen-bond acceptors (Lipinski definition) is 4. The molecule has 5 nitrogen and oxygen atoms in total. The third kappa shape index (κ3) is 5.95. The first kappa shape index (κ1) is 18.4. The lowest BCUT2D eigenvalue weighted by Crippen LogP contribution is -2.38. The molecule has 0 radical (unpaired) electrons. The van der Waals surface area contributed by atoms with Crippen molar-refractivity contribution in [3.63, 3.8) is 0 Å². The van der Waals surface area contributed by atoms with Crippen LogP contribution in [0.4, 0.5) is 0 Å². The number of halogens is 2. The fourth-order valence-electron chi connectivity index (χ4n) is 1.69. The van der Waals surface area contributed by atoms with Crippen LogP contribution in [0.3, 0.4) is 0 Å². The second kappa shape index (κ2) is 9.42. The number of nitrogens with one attached hydrogen (secondary N) is 1. The molecule has 2 aromatic heterocycles. The topological polar surface area (TPSA) is 53.7 Å². The Bertz CT molecular complexity index is 558. The monoisotopic (exact) mass is 484 g/mol. The third-order valence-electron chi connectivity index (χ3n) is 2.60. The molecule has 0 bridgehead atoms. The summed E-state index contributed by atoms with van der Waals surface area (Å²) in [5.41, 5.74) is 0.827. The van der Waals surface area contributed by atoms with E-state index in [9.17, 15) is 0 Å². The number of hydrogen-bond donors (Lipinski definition) is 1. The molecule has 2 rings (SSSR count). The van der Waals surface area contributed by atoms with Gasteiger partial charge in [0.2, 0.25) is 0 Å². The summed E-state index contributed by atoms with van der Waals surface area (Å²) in [6.07, 6.45) is 1.56. The Balaban J connectivity index is 0.00000220. The zero-order chi connectivity index (χ0) is 14.4. The van der Waals surface area contributed by atoms with Gasteiger partial charge >= 0.3 is 0 Å². The quantitative estimate of drug-likeness (QED) is 0.399. The van der Waals surface area contributed by atoms with Crippen LogP contribution >= 0.6 is 51.2 Å². The average Bonchev–Trinajstić information content (AvgIpc) is 3.06. The molecule has 0 saturated carbocycles. The molecule has 0 fully saturated rings. The summed E-state index contributed by atoms with van der Waals surface area (Å²) in [6.45, 7) is 4.22. The van der Waals surface area contributed by atoms with Gasteiger partial charge in [-0.05, 0) is 35.0 Å². The van der Waals surface area contributed by atoms with Gasteiger partial charge in [0.25, 0.3) is 0 Å². The first-order chi connectivity index (χ1) is 9.69. The minimum Gasteiger partial charge on any atom is -0.364 e. The molecule has 116 valence electrons. The molecule has 0 spiro atoms. The number of nitrogens with zero attached hydrogens (tertiary/aromatic N) is 3. The standard InChI is InChI=1S/C13H17BrN4OS.HI/c1-3-15-13(16-8-10-6-7-19-17-10)18(2)9-11-4-5-12(14)20-11;/h4-7H,3,8-9H2,1-2H3,(H,15,16);1H. The Labute approximate surface area is 154 Å². The van der Waals surface area contributed by atoms with E-state index in [1.54, 1.807) is 17.6 Å². The van der Waals surface area contributed by atoms with Gasteiger partial charge in [-0.15, -0.1) is 35.3 Å². The average molecular weight is 485 g/mol. The lowest BCUT2D eigenvalue weighted by Gasteiger charge is -2.21. The normalized spacial score (nSPS) is 11.1. The Morgan fingerprint density at radius 3 is 2.86 bits per heavy atom. The molecule has 0 aliphatic carbocycles. The molecular weight excluding hydrogens is 467 g/mol. The predicted molar refractivity (Wildman–Crippen MR) is 100 cm³/mol. The lowest BCUT2D eigenvalue weighted by atomic mass is 10.4. The van der Waals surface area contributed by atoms with E-state index in [0.29, 0.717) is 6.54 Å².